The Kier molecular flexibility index (Phi) is 11.8. The van der Waals surface area contributed by atoms with Crippen molar-refractivity contribution in [2.45, 2.75) is 44.3 Å². The first kappa shape index (κ1) is 24.7. The minimum atomic E-state index is -1.28. The molecule has 0 rings (SSSR count). The summed E-state index contributed by atoms with van der Waals surface area (Å²) in [5, 5.41) is 24.4. The van der Waals surface area contributed by atoms with E-state index in [0.717, 1.165) is 0 Å². The maximum atomic E-state index is 12.5. The molecular weight excluding hydrogens is 380 g/mol. The van der Waals surface area contributed by atoms with Crippen LogP contribution >= 0.6 is 11.8 Å². The molecule has 0 aromatic carbocycles. The number of rotatable bonds is 13. The largest absolute Gasteiger partial charge is 0.481 e. The first-order chi connectivity index (χ1) is 12.6. The standard InChI is InChI=1S/C15H26N4O7S/c1-8(16)13(24)18-10(5-6-27-2)15(26)19-9(3-4-11(20)21)14(25)17-7-12(22)23/h8-10H,3-7,16H2,1-2H3,(H,17,25)(H,18,24)(H,19,26)(H,20,21)(H,22,23). The molecule has 3 atom stereocenters. The van der Waals surface area contributed by atoms with Crippen LogP contribution in [0.15, 0.2) is 0 Å². The lowest BCUT2D eigenvalue weighted by Gasteiger charge is -2.23. The number of nitrogens with two attached hydrogens (primary N) is 1. The molecule has 3 amide bonds. The zero-order valence-electron chi connectivity index (χ0n) is 15.2. The predicted molar refractivity (Wildman–Crippen MR) is 98.0 cm³/mol. The Morgan fingerprint density at radius 3 is 1.96 bits per heavy atom. The minimum Gasteiger partial charge on any atom is -0.481 e. The quantitative estimate of drug-likeness (QED) is 0.203. The lowest BCUT2D eigenvalue weighted by Crippen LogP contribution is -2.56. The topological polar surface area (TPSA) is 188 Å². The zero-order valence-corrected chi connectivity index (χ0v) is 16.0. The third-order valence-electron chi connectivity index (χ3n) is 3.35. The highest BCUT2D eigenvalue weighted by Crippen LogP contribution is 2.04. The second kappa shape index (κ2) is 12.9. The van der Waals surface area contributed by atoms with Crippen molar-refractivity contribution in [2.24, 2.45) is 5.73 Å². The van der Waals surface area contributed by atoms with E-state index >= 15 is 0 Å². The second-order valence-electron chi connectivity index (χ2n) is 5.74. The van der Waals surface area contributed by atoms with Gasteiger partial charge in [0.15, 0.2) is 0 Å². The number of carbonyl (C=O) groups is 5. The molecule has 27 heavy (non-hydrogen) atoms. The Labute approximate surface area is 160 Å². The van der Waals surface area contributed by atoms with Crippen LogP contribution in [0.25, 0.3) is 0 Å². The Morgan fingerprint density at radius 2 is 1.48 bits per heavy atom. The van der Waals surface area contributed by atoms with Crippen LogP contribution in [0.3, 0.4) is 0 Å². The van der Waals surface area contributed by atoms with E-state index in [-0.39, 0.29) is 12.8 Å². The second-order valence-corrected chi connectivity index (χ2v) is 6.72. The number of nitrogens with one attached hydrogen (secondary N) is 3. The van der Waals surface area contributed by atoms with Crippen LogP contribution in [-0.2, 0) is 24.0 Å². The van der Waals surface area contributed by atoms with Crippen molar-refractivity contribution < 1.29 is 34.2 Å². The molecule has 12 heteroatoms. The van der Waals surface area contributed by atoms with Gasteiger partial charge in [-0.25, -0.2) is 0 Å². The molecule has 0 bridgehead atoms. The lowest BCUT2D eigenvalue weighted by atomic mass is 10.1. The van der Waals surface area contributed by atoms with E-state index in [1.807, 2.05) is 6.26 Å². The van der Waals surface area contributed by atoms with Crippen molar-refractivity contribution in [1.29, 1.82) is 0 Å². The summed E-state index contributed by atoms with van der Waals surface area (Å²) in [7, 11) is 0. The normalized spacial score (nSPS) is 13.7. The highest BCUT2D eigenvalue weighted by Gasteiger charge is 2.27. The van der Waals surface area contributed by atoms with Gasteiger partial charge in [0.1, 0.15) is 18.6 Å². The fourth-order valence-electron chi connectivity index (χ4n) is 1.90. The summed E-state index contributed by atoms with van der Waals surface area (Å²) in [6, 6.07) is -3.05. The van der Waals surface area contributed by atoms with Gasteiger partial charge in [-0.05, 0) is 31.8 Å². The average molecular weight is 406 g/mol. The third-order valence-corrected chi connectivity index (χ3v) is 3.99. The van der Waals surface area contributed by atoms with E-state index in [2.05, 4.69) is 16.0 Å². The van der Waals surface area contributed by atoms with Crippen LogP contribution in [0.5, 0.6) is 0 Å². The molecule has 154 valence electrons. The van der Waals surface area contributed by atoms with E-state index in [0.29, 0.717) is 5.75 Å². The van der Waals surface area contributed by atoms with Crippen molar-refractivity contribution in [3.8, 4) is 0 Å². The lowest BCUT2D eigenvalue weighted by molar-refractivity contribution is -0.140. The number of thioether (sulfide) groups is 1. The molecule has 0 heterocycles. The van der Waals surface area contributed by atoms with Crippen molar-refractivity contribution >= 4 is 41.4 Å². The molecular formula is C15H26N4O7S. The average Bonchev–Trinajstić information content (AvgIpc) is 2.59. The summed E-state index contributed by atoms with van der Waals surface area (Å²) in [6.07, 6.45) is 1.45. The van der Waals surface area contributed by atoms with Crippen LogP contribution < -0.4 is 21.7 Å². The number of hydrogen-bond donors (Lipinski definition) is 6. The molecule has 0 aliphatic rings. The fourth-order valence-corrected chi connectivity index (χ4v) is 2.37. The van der Waals surface area contributed by atoms with Crippen molar-refractivity contribution in [3.63, 3.8) is 0 Å². The van der Waals surface area contributed by atoms with Gasteiger partial charge in [-0.3, -0.25) is 24.0 Å². The SMILES string of the molecule is CSCCC(NC(=O)C(C)N)C(=O)NC(CCC(=O)O)C(=O)NCC(=O)O. The summed E-state index contributed by atoms with van der Waals surface area (Å²) >= 11 is 1.45. The maximum absolute atomic E-state index is 12.5. The summed E-state index contributed by atoms with van der Waals surface area (Å²) < 4.78 is 0. The number of carbonyl (C=O) groups excluding carboxylic acids is 3. The van der Waals surface area contributed by atoms with E-state index < -0.39 is 60.8 Å². The summed E-state index contributed by atoms with van der Waals surface area (Å²) in [6.45, 7) is 0.781. The van der Waals surface area contributed by atoms with Crippen LogP contribution in [0.1, 0.15) is 26.2 Å². The maximum Gasteiger partial charge on any atom is 0.322 e. The molecule has 0 radical (unpaired) electrons. The van der Waals surface area contributed by atoms with Crippen LogP contribution in [-0.4, -0.2) is 76.6 Å². The van der Waals surface area contributed by atoms with E-state index in [9.17, 15) is 24.0 Å². The van der Waals surface area contributed by atoms with E-state index in [1.54, 1.807) is 0 Å². The van der Waals surface area contributed by atoms with Gasteiger partial charge in [0.25, 0.3) is 0 Å². The third kappa shape index (κ3) is 11.1. The summed E-state index contributed by atoms with van der Waals surface area (Å²) in [4.78, 5) is 57.7. The highest BCUT2D eigenvalue weighted by molar-refractivity contribution is 7.98. The van der Waals surface area contributed by atoms with E-state index in [1.165, 1.54) is 18.7 Å². The van der Waals surface area contributed by atoms with Crippen LogP contribution in [0.4, 0.5) is 0 Å². The van der Waals surface area contributed by atoms with Gasteiger partial charge in [-0.1, -0.05) is 0 Å². The van der Waals surface area contributed by atoms with Crippen molar-refractivity contribution in [3.05, 3.63) is 0 Å². The number of amides is 3. The summed E-state index contributed by atoms with van der Waals surface area (Å²) in [5.41, 5.74) is 5.48. The van der Waals surface area contributed by atoms with Crippen molar-refractivity contribution in [2.75, 3.05) is 18.6 Å². The first-order valence-corrected chi connectivity index (χ1v) is 9.54. The van der Waals surface area contributed by atoms with E-state index in [4.69, 9.17) is 15.9 Å². The molecule has 0 aromatic heterocycles. The molecule has 0 saturated carbocycles. The van der Waals surface area contributed by atoms with Gasteiger partial charge < -0.3 is 31.9 Å². The predicted octanol–water partition coefficient (Wildman–Crippen LogP) is -1.88. The van der Waals surface area contributed by atoms with Gasteiger partial charge >= 0.3 is 11.9 Å². The zero-order chi connectivity index (χ0) is 21.0. The Balaban J connectivity index is 5.13. The van der Waals surface area contributed by atoms with Gasteiger partial charge in [0, 0.05) is 6.42 Å². The molecule has 7 N–H and O–H groups in total. The van der Waals surface area contributed by atoms with Crippen molar-refractivity contribution in [1.82, 2.24) is 16.0 Å². The van der Waals surface area contributed by atoms with Gasteiger partial charge in [-0.2, -0.15) is 11.8 Å². The molecule has 3 unspecified atom stereocenters. The highest BCUT2D eigenvalue weighted by atomic mass is 32.2. The molecule has 0 aliphatic carbocycles. The molecule has 11 nitrogen and oxygen atoms in total. The molecule has 0 spiro atoms. The molecule has 0 aliphatic heterocycles. The molecule has 0 fully saturated rings. The Morgan fingerprint density at radius 1 is 0.926 bits per heavy atom. The Bertz CT molecular complexity index is 556. The number of hydrogen-bond acceptors (Lipinski definition) is 7. The first-order valence-electron chi connectivity index (χ1n) is 8.15. The summed E-state index contributed by atoms with van der Waals surface area (Å²) in [5.74, 6) is -3.97. The van der Waals surface area contributed by atoms with Crippen LogP contribution in [0, 0.1) is 0 Å². The number of carboxylic acid groups (broad SMARTS) is 2. The number of aliphatic carboxylic acids is 2. The van der Waals surface area contributed by atoms with Gasteiger partial charge in [0.2, 0.25) is 17.7 Å². The van der Waals surface area contributed by atoms with Gasteiger partial charge in [-0.15, -0.1) is 0 Å². The smallest absolute Gasteiger partial charge is 0.322 e. The molecule has 0 aromatic rings. The number of carboxylic acids is 2. The molecule has 0 saturated heterocycles. The van der Waals surface area contributed by atoms with Crippen LogP contribution in [0.2, 0.25) is 0 Å². The van der Waals surface area contributed by atoms with Gasteiger partial charge in [0.05, 0.1) is 6.04 Å². The minimum absolute atomic E-state index is 0.233. The Hall–Kier alpha value is -2.34. The monoisotopic (exact) mass is 406 g/mol. The fraction of sp³-hybridized carbons (Fsp3) is 0.667.